The van der Waals surface area contributed by atoms with Gasteiger partial charge in [-0.1, -0.05) is 6.07 Å². The van der Waals surface area contributed by atoms with Crippen LogP contribution in [-0.2, 0) is 0 Å². The van der Waals surface area contributed by atoms with Crippen molar-refractivity contribution in [1.29, 1.82) is 0 Å². The first-order chi connectivity index (χ1) is 9.04. The standard InChI is InChI=1S/C16H21FN2/c17-13-2-1-3-14(5-13)19-16-8-11-4-12(9-16)7-15(18,6-11)10-16/h1-3,5,11-12,19H,4,6-10,18H2. The molecule has 5 rings (SSSR count). The summed E-state index contributed by atoms with van der Waals surface area (Å²) in [6.45, 7) is 0. The van der Waals surface area contributed by atoms with Crippen molar-refractivity contribution in [2.75, 3.05) is 5.32 Å². The highest BCUT2D eigenvalue weighted by Crippen LogP contribution is 2.57. The fourth-order valence-electron chi connectivity index (χ4n) is 5.35. The molecule has 0 aromatic heterocycles. The third-order valence-electron chi connectivity index (χ3n) is 5.34. The average molecular weight is 260 g/mol. The maximum atomic E-state index is 13.3. The second-order valence-electron chi connectivity index (χ2n) is 7.24. The molecule has 1 aromatic rings. The Labute approximate surface area is 113 Å². The van der Waals surface area contributed by atoms with Gasteiger partial charge in [-0.15, -0.1) is 0 Å². The molecular formula is C16H21FN2. The highest BCUT2D eigenvalue weighted by molar-refractivity contribution is 5.47. The van der Waals surface area contributed by atoms with Gasteiger partial charge in [0.15, 0.2) is 0 Å². The number of halogens is 1. The highest BCUT2D eigenvalue weighted by atomic mass is 19.1. The van der Waals surface area contributed by atoms with Crippen LogP contribution in [0.1, 0.15) is 38.5 Å². The number of nitrogens with one attached hydrogen (secondary N) is 1. The molecule has 1 aromatic carbocycles. The van der Waals surface area contributed by atoms with Gasteiger partial charge in [-0.05, 0) is 68.6 Å². The summed E-state index contributed by atoms with van der Waals surface area (Å²) in [4.78, 5) is 0. The zero-order valence-electron chi connectivity index (χ0n) is 11.2. The lowest BCUT2D eigenvalue weighted by atomic mass is 9.50. The molecular weight excluding hydrogens is 239 g/mol. The topological polar surface area (TPSA) is 38.0 Å². The minimum atomic E-state index is -0.169. The van der Waals surface area contributed by atoms with Crippen LogP contribution >= 0.6 is 0 Å². The fraction of sp³-hybridized carbons (Fsp3) is 0.625. The molecule has 0 aliphatic heterocycles. The molecule has 3 heteroatoms. The minimum absolute atomic E-state index is 0.0322. The Morgan fingerprint density at radius 2 is 1.89 bits per heavy atom. The summed E-state index contributed by atoms with van der Waals surface area (Å²) < 4.78 is 13.3. The third-order valence-corrected chi connectivity index (χ3v) is 5.34. The van der Waals surface area contributed by atoms with Crippen molar-refractivity contribution in [3.63, 3.8) is 0 Å². The Hall–Kier alpha value is -1.09. The molecule has 0 heterocycles. The van der Waals surface area contributed by atoms with Gasteiger partial charge >= 0.3 is 0 Å². The van der Waals surface area contributed by atoms with Crippen LogP contribution in [0.4, 0.5) is 10.1 Å². The van der Waals surface area contributed by atoms with Crippen molar-refractivity contribution in [3.05, 3.63) is 30.1 Å². The van der Waals surface area contributed by atoms with Crippen molar-refractivity contribution >= 4 is 5.69 Å². The lowest BCUT2D eigenvalue weighted by molar-refractivity contribution is -0.00776. The summed E-state index contributed by atoms with van der Waals surface area (Å²) in [5.41, 5.74) is 7.63. The van der Waals surface area contributed by atoms with Gasteiger partial charge < -0.3 is 11.1 Å². The Kier molecular flexibility index (Phi) is 2.29. The molecule has 4 saturated carbocycles. The van der Waals surface area contributed by atoms with Gasteiger partial charge in [-0.3, -0.25) is 0 Å². The van der Waals surface area contributed by atoms with Crippen molar-refractivity contribution in [2.24, 2.45) is 17.6 Å². The van der Waals surface area contributed by atoms with Crippen LogP contribution in [0.25, 0.3) is 0 Å². The lowest BCUT2D eigenvalue weighted by Crippen LogP contribution is -2.65. The number of nitrogens with two attached hydrogens (primary N) is 1. The van der Waals surface area contributed by atoms with Gasteiger partial charge in [0.25, 0.3) is 0 Å². The Bertz CT molecular complexity index is 499. The molecule has 19 heavy (non-hydrogen) atoms. The quantitative estimate of drug-likeness (QED) is 0.856. The van der Waals surface area contributed by atoms with E-state index in [1.165, 1.54) is 38.2 Å². The number of hydrogen-bond donors (Lipinski definition) is 2. The molecule has 0 saturated heterocycles. The molecule has 102 valence electrons. The zero-order chi connectivity index (χ0) is 13.1. The van der Waals surface area contributed by atoms with Crippen molar-refractivity contribution in [2.45, 2.75) is 49.6 Å². The summed E-state index contributed by atoms with van der Waals surface area (Å²) in [7, 11) is 0. The van der Waals surface area contributed by atoms with Crippen LogP contribution in [0.15, 0.2) is 24.3 Å². The first-order valence-corrected chi connectivity index (χ1v) is 7.37. The van der Waals surface area contributed by atoms with Gasteiger partial charge in [-0.25, -0.2) is 4.39 Å². The maximum absolute atomic E-state index is 13.3. The van der Waals surface area contributed by atoms with Crippen LogP contribution < -0.4 is 11.1 Å². The van der Waals surface area contributed by atoms with E-state index in [0.717, 1.165) is 23.9 Å². The lowest BCUT2D eigenvalue weighted by Gasteiger charge is -2.61. The van der Waals surface area contributed by atoms with E-state index in [1.54, 1.807) is 12.1 Å². The first kappa shape index (κ1) is 11.7. The Morgan fingerprint density at radius 1 is 1.16 bits per heavy atom. The SMILES string of the molecule is NC12CC3CC(C1)CC(Nc1cccc(F)c1)(C3)C2. The van der Waals surface area contributed by atoms with Crippen LogP contribution in [0.3, 0.4) is 0 Å². The van der Waals surface area contributed by atoms with E-state index < -0.39 is 0 Å². The van der Waals surface area contributed by atoms with E-state index in [-0.39, 0.29) is 16.9 Å². The third kappa shape index (κ3) is 1.95. The van der Waals surface area contributed by atoms with Gasteiger partial charge in [0.2, 0.25) is 0 Å². The van der Waals surface area contributed by atoms with Gasteiger partial charge in [0.1, 0.15) is 5.82 Å². The van der Waals surface area contributed by atoms with Crippen LogP contribution in [0.5, 0.6) is 0 Å². The second-order valence-corrected chi connectivity index (χ2v) is 7.24. The fourth-order valence-corrected chi connectivity index (χ4v) is 5.35. The smallest absolute Gasteiger partial charge is 0.125 e. The predicted octanol–water partition coefficient (Wildman–Crippen LogP) is 3.29. The molecule has 4 bridgehead atoms. The molecule has 2 nitrogen and oxygen atoms in total. The summed E-state index contributed by atoms with van der Waals surface area (Å²) in [6, 6.07) is 6.83. The van der Waals surface area contributed by atoms with E-state index in [0.29, 0.717) is 0 Å². The molecule has 2 atom stereocenters. The van der Waals surface area contributed by atoms with Gasteiger partial charge in [0, 0.05) is 16.8 Å². The zero-order valence-corrected chi connectivity index (χ0v) is 11.2. The van der Waals surface area contributed by atoms with E-state index >= 15 is 0 Å². The Morgan fingerprint density at radius 3 is 2.53 bits per heavy atom. The monoisotopic (exact) mass is 260 g/mol. The first-order valence-electron chi connectivity index (χ1n) is 7.37. The molecule has 4 fully saturated rings. The molecule has 3 N–H and O–H groups in total. The van der Waals surface area contributed by atoms with Crippen LogP contribution in [0, 0.1) is 17.7 Å². The van der Waals surface area contributed by atoms with Crippen molar-refractivity contribution in [1.82, 2.24) is 0 Å². The number of benzene rings is 1. The summed E-state index contributed by atoms with van der Waals surface area (Å²) in [6.07, 6.45) is 7.19. The largest absolute Gasteiger partial charge is 0.379 e. The summed E-state index contributed by atoms with van der Waals surface area (Å²) in [5.74, 6) is 1.37. The molecule has 4 aliphatic rings. The Balaban J connectivity index is 1.63. The van der Waals surface area contributed by atoms with E-state index in [4.69, 9.17) is 5.73 Å². The second kappa shape index (κ2) is 3.72. The predicted molar refractivity (Wildman–Crippen MR) is 74.4 cm³/mol. The summed E-state index contributed by atoms with van der Waals surface area (Å²) >= 11 is 0. The normalized spacial score (nSPS) is 43.5. The summed E-state index contributed by atoms with van der Waals surface area (Å²) in [5, 5.41) is 3.63. The molecule has 2 unspecified atom stereocenters. The average Bonchev–Trinajstić information content (AvgIpc) is 2.24. The molecule has 0 spiro atoms. The van der Waals surface area contributed by atoms with Gasteiger partial charge in [-0.2, -0.15) is 0 Å². The highest BCUT2D eigenvalue weighted by Gasteiger charge is 2.56. The van der Waals surface area contributed by atoms with E-state index in [1.807, 2.05) is 6.07 Å². The molecule has 0 radical (unpaired) electrons. The van der Waals surface area contributed by atoms with Crippen LogP contribution in [0.2, 0.25) is 0 Å². The van der Waals surface area contributed by atoms with E-state index in [9.17, 15) is 4.39 Å². The molecule has 4 aliphatic carbocycles. The molecule has 0 amide bonds. The van der Waals surface area contributed by atoms with Crippen molar-refractivity contribution in [3.8, 4) is 0 Å². The van der Waals surface area contributed by atoms with Gasteiger partial charge in [0.05, 0.1) is 0 Å². The minimum Gasteiger partial charge on any atom is -0.379 e. The van der Waals surface area contributed by atoms with Crippen molar-refractivity contribution < 1.29 is 4.39 Å². The number of rotatable bonds is 2. The van der Waals surface area contributed by atoms with E-state index in [2.05, 4.69) is 5.32 Å². The maximum Gasteiger partial charge on any atom is 0.125 e. The number of anilines is 1. The van der Waals surface area contributed by atoms with Crippen LogP contribution in [-0.4, -0.2) is 11.1 Å². The number of hydrogen-bond acceptors (Lipinski definition) is 2.